The maximum absolute atomic E-state index is 11.3. The second kappa shape index (κ2) is 4.18. The molecule has 5 nitrogen and oxygen atoms in total. The molecule has 0 heterocycles. The molecule has 0 saturated carbocycles. The lowest BCUT2D eigenvalue weighted by atomic mass is 10.1. The Morgan fingerprint density at radius 1 is 1.47 bits per heavy atom. The number of benzene rings is 1. The van der Waals surface area contributed by atoms with Crippen LogP contribution in [-0.2, 0) is 4.74 Å². The number of hydrogen-bond acceptors (Lipinski definition) is 5. The molecule has 0 bridgehead atoms. The average Bonchev–Trinajstić information content (AvgIpc) is 2.19. The third-order valence-electron chi connectivity index (χ3n) is 2.16. The zero-order valence-corrected chi connectivity index (χ0v) is 9.07. The predicted molar refractivity (Wildman–Crippen MR) is 59.5 cm³/mol. The van der Waals surface area contributed by atoms with Crippen molar-refractivity contribution in [3.63, 3.8) is 0 Å². The zero-order chi connectivity index (χ0) is 11.6. The Labute approximate surface area is 88.6 Å². The van der Waals surface area contributed by atoms with Gasteiger partial charge in [-0.2, -0.15) is 0 Å². The summed E-state index contributed by atoms with van der Waals surface area (Å²) in [5.74, 6) is 5.18. The van der Waals surface area contributed by atoms with Crippen molar-refractivity contribution < 1.29 is 9.53 Å². The first-order valence-electron chi connectivity index (χ1n) is 4.44. The number of aryl methyl sites for hydroxylation is 1. The van der Waals surface area contributed by atoms with Gasteiger partial charge in [-0.3, -0.25) is 0 Å². The van der Waals surface area contributed by atoms with Crippen molar-refractivity contribution >= 4 is 17.3 Å². The summed E-state index contributed by atoms with van der Waals surface area (Å²) in [6.07, 6.45) is 0. The number of ether oxygens (including phenoxy) is 1. The number of nitrogens with two attached hydrogens (primary N) is 2. The van der Waals surface area contributed by atoms with Gasteiger partial charge in [0.25, 0.3) is 0 Å². The summed E-state index contributed by atoms with van der Waals surface area (Å²) in [6, 6.07) is 3.32. The molecule has 1 aromatic rings. The van der Waals surface area contributed by atoms with E-state index in [1.807, 2.05) is 0 Å². The highest BCUT2D eigenvalue weighted by atomic mass is 16.5. The molecule has 82 valence electrons. The number of carbonyl (C=O) groups is 1. The van der Waals surface area contributed by atoms with Crippen LogP contribution < -0.4 is 16.6 Å². The van der Waals surface area contributed by atoms with Crippen LogP contribution in [0.5, 0.6) is 0 Å². The van der Waals surface area contributed by atoms with Crippen LogP contribution in [0.3, 0.4) is 0 Å². The Bertz CT molecular complexity index is 388. The first-order valence-corrected chi connectivity index (χ1v) is 4.44. The lowest BCUT2D eigenvalue weighted by Gasteiger charge is -2.16. The maximum atomic E-state index is 11.3. The number of hydrogen-bond donors (Lipinski definition) is 2. The number of carbonyl (C=O) groups excluding carboxylic acids is 1. The topological polar surface area (TPSA) is 81.6 Å². The van der Waals surface area contributed by atoms with Gasteiger partial charge in [-0.1, -0.05) is 0 Å². The van der Waals surface area contributed by atoms with Gasteiger partial charge in [0.05, 0.1) is 24.0 Å². The molecule has 4 N–H and O–H groups in total. The standard InChI is InChI=1S/C10H15N3O2/c1-6-4-9(13(2)12)8(11)5-7(6)10(14)15-3/h4-5H,11-12H2,1-3H3. The minimum absolute atomic E-state index is 0.398. The van der Waals surface area contributed by atoms with E-state index in [1.54, 1.807) is 26.1 Å². The van der Waals surface area contributed by atoms with Crippen molar-refractivity contribution in [2.45, 2.75) is 6.92 Å². The molecule has 15 heavy (non-hydrogen) atoms. The van der Waals surface area contributed by atoms with Crippen molar-refractivity contribution in [2.75, 3.05) is 24.9 Å². The largest absolute Gasteiger partial charge is 0.465 e. The summed E-state index contributed by atoms with van der Waals surface area (Å²) in [5, 5.41) is 1.41. The van der Waals surface area contributed by atoms with E-state index in [9.17, 15) is 4.79 Å². The smallest absolute Gasteiger partial charge is 0.338 e. The molecule has 0 aromatic heterocycles. The minimum Gasteiger partial charge on any atom is -0.465 e. The predicted octanol–water partition coefficient (Wildman–Crippen LogP) is 0.674. The van der Waals surface area contributed by atoms with E-state index in [1.165, 1.54) is 12.1 Å². The molecular weight excluding hydrogens is 194 g/mol. The van der Waals surface area contributed by atoms with Crippen LogP contribution in [0.25, 0.3) is 0 Å². The zero-order valence-electron chi connectivity index (χ0n) is 9.07. The van der Waals surface area contributed by atoms with Crippen LogP contribution in [0.1, 0.15) is 15.9 Å². The van der Waals surface area contributed by atoms with Crippen molar-refractivity contribution in [3.05, 3.63) is 23.3 Å². The van der Waals surface area contributed by atoms with Crippen molar-refractivity contribution in [1.29, 1.82) is 0 Å². The van der Waals surface area contributed by atoms with Crippen molar-refractivity contribution in [2.24, 2.45) is 5.84 Å². The molecule has 0 aliphatic rings. The van der Waals surface area contributed by atoms with Crippen molar-refractivity contribution in [1.82, 2.24) is 0 Å². The number of nitrogens with zero attached hydrogens (tertiary/aromatic N) is 1. The summed E-state index contributed by atoms with van der Waals surface area (Å²) in [4.78, 5) is 11.3. The number of methoxy groups -OCH3 is 1. The highest BCUT2D eigenvalue weighted by Gasteiger charge is 2.13. The SMILES string of the molecule is COC(=O)c1cc(N)c(N(C)N)cc1C. The summed E-state index contributed by atoms with van der Waals surface area (Å²) in [6.45, 7) is 1.80. The fourth-order valence-corrected chi connectivity index (χ4v) is 1.34. The quantitative estimate of drug-likeness (QED) is 0.324. The second-order valence-corrected chi connectivity index (χ2v) is 3.33. The molecule has 1 rings (SSSR count). The third-order valence-corrected chi connectivity index (χ3v) is 2.16. The number of rotatable bonds is 2. The van der Waals surface area contributed by atoms with Crippen LogP contribution in [0.2, 0.25) is 0 Å². The van der Waals surface area contributed by atoms with Gasteiger partial charge < -0.3 is 15.5 Å². The van der Waals surface area contributed by atoms with E-state index in [-0.39, 0.29) is 0 Å². The van der Waals surface area contributed by atoms with E-state index < -0.39 is 5.97 Å². The first-order chi connectivity index (χ1) is 6.97. The Hall–Kier alpha value is -1.75. The maximum Gasteiger partial charge on any atom is 0.338 e. The number of esters is 1. The van der Waals surface area contributed by atoms with E-state index in [4.69, 9.17) is 11.6 Å². The number of anilines is 2. The van der Waals surface area contributed by atoms with Gasteiger partial charge in [-0.05, 0) is 24.6 Å². The van der Waals surface area contributed by atoms with Gasteiger partial charge in [0.15, 0.2) is 0 Å². The first kappa shape index (κ1) is 11.3. The van der Waals surface area contributed by atoms with Crippen LogP contribution in [0.15, 0.2) is 12.1 Å². The molecule has 0 radical (unpaired) electrons. The third kappa shape index (κ3) is 2.19. The summed E-state index contributed by atoms with van der Waals surface area (Å²) in [7, 11) is 3.02. The molecule has 0 aliphatic carbocycles. The summed E-state index contributed by atoms with van der Waals surface area (Å²) in [5.41, 5.74) is 8.12. The molecule has 1 aromatic carbocycles. The molecule has 0 fully saturated rings. The van der Waals surface area contributed by atoms with Gasteiger partial charge in [0.2, 0.25) is 0 Å². The summed E-state index contributed by atoms with van der Waals surface area (Å²) < 4.78 is 4.63. The molecule has 0 saturated heterocycles. The summed E-state index contributed by atoms with van der Waals surface area (Å²) >= 11 is 0. The monoisotopic (exact) mass is 209 g/mol. The normalized spacial score (nSPS) is 9.87. The van der Waals surface area contributed by atoms with Gasteiger partial charge in [-0.15, -0.1) is 0 Å². The molecular formula is C10H15N3O2. The van der Waals surface area contributed by atoms with E-state index in [0.717, 1.165) is 5.56 Å². The Morgan fingerprint density at radius 3 is 2.53 bits per heavy atom. The van der Waals surface area contributed by atoms with Gasteiger partial charge in [0, 0.05) is 7.05 Å². The van der Waals surface area contributed by atoms with E-state index >= 15 is 0 Å². The van der Waals surface area contributed by atoms with Crippen LogP contribution in [0.4, 0.5) is 11.4 Å². The highest BCUT2D eigenvalue weighted by molar-refractivity contribution is 5.93. The van der Waals surface area contributed by atoms with E-state index in [2.05, 4.69) is 4.74 Å². The second-order valence-electron chi connectivity index (χ2n) is 3.33. The molecule has 0 aliphatic heterocycles. The minimum atomic E-state index is -0.398. The molecule has 0 amide bonds. The molecule has 0 spiro atoms. The number of nitrogen functional groups attached to an aromatic ring is 1. The fourth-order valence-electron chi connectivity index (χ4n) is 1.34. The Morgan fingerprint density at radius 2 is 2.07 bits per heavy atom. The van der Waals surface area contributed by atoms with Gasteiger partial charge in [-0.25, -0.2) is 10.6 Å². The van der Waals surface area contributed by atoms with Gasteiger partial charge >= 0.3 is 5.97 Å². The fraction of sp³-hybridized carbons (Fsp3) is 0.300. The molecule has 0 atom stereocenters. The van der Waals surface area contributed by atoms with Crippen molar-refractivity contribution in [3.8, 4) is 0 Å². The lowest BCUT2D eigenvalue weighted by molar-refractivity contribution is 0.0600. The molecule has 5 heteroatoms. The highest BCUT2D eigenvalue weighted by Crippen LogP contribution is 2.25. The van der Waals surface area contributed by atoms with Crippen LogP contribution in [0, 0.1) is 6.92 Å². The van der Waals surface area contributed by atoms with E-state index in [0.29, 0.717) is 16.9 Å². The van der Waals surface area contributed by atoms with Crippen LogP contribution >= 0.6 is 0 Å². The van der Waals surface area contributed by atoms with Gasteiger partial charge in [0.1, 0.15) is 0 Å². The molecule has 0 unspecified atom stereocenters. The Kier molecular flexibility index (Phi) is 3.16. The Balaban J connectivity index is 3.25. The number of hydrazine groups is 1. The average molecular weight is 209 g/mol. The van der Waals surface area contributed by atoms with Crippen LogP contribution in [-0.4, -0.2) is 20.1 Å². The lowest BCUT2D eigenvalue weighted by Crippen LogP contribution is -2.26.